The van der Waals surface area contributed by atoms with Crippen molar-refractivity contribution in [2.75, 3.05) is 32.2 Å². The molecule has 0 aliphatic carbocycles. The van der Waals surface area contributed by atoms with Gasteiger partial charge in [0.25, 0.3) is 0 Å². The molecule has 0 bridgehead atoms. The SMILES string of the molecule is CCNC(=NCc1cccc(OCC)c1)Nc1ccc(OCC)c(OC)c1. The molecule has 0 radical (unpaired) electrons. The van der Waals surface area contributed by atoms with Gasteiger partial charge in [-0.15, -0.1) is 0 Å². The molecule has 0 atom stereocenters. The number of benzene rings is 2. The van der Waals surface area contributed by atoms with Gasteiger partial charge < -0.3 is 24.8 Å². The summed E-state index contributed by atoms with van der Waals surface area (Å²) >= 11 is 0. The molecule has 0 spiro atoms. The van der Waals surface area contributed by atoms with Crippen LogP contribution in [0.25, 0.3) is 0 Å². The summed E-state index contributed by atoms with van der Waals surface area (Å²) in [5.41, 5.74) is 1.96. The zero-order valence-electron chi connectivity index (χ0n) is 16.5. The summed E-state index contributed by atoms with van der Waals surface area (Å²) in [5.74, 6) is 2.97. The first-order valence-corrected chi connectivity index (χ1v) is 9.28. The van der Waals surface area contributed by atoms with Crippen molar-refractivity contribution in [3.8, 4) is 17.2 Å². The van der Waals surface area contributed by atoms with Crippen LogP contribution in [0.1, 0.15) is 26.3 Å². The summed E-state index contributed by atoms with van der Waals surface area (Å²) in [6.45, 7) is 8.50. The van der Waals surface area contributed by atoms with E-state index in [1.54, 1.807) is 7.11 Å². The van der Waals surface area contributed by atoms with Crippen LogP contribution in [0, 0.1) is 0 Å². The van der Waals surface area contributed by atoms with Crippen LogP contribution in [0.2, 0.25) is 0 Å². The minimum atomic E-state index is 0.546. The number of aliphatic imine (C=N–C) groups is 1. The Morgan fingerprint density at radius 2 is 1.78 bits per heavy atom. The summed E-state index contributed by atoms with van der Waals surface area (Å²) in [7, 11) is 1.63. The lowest BCUT2D eigenvalue weighted by Crippen LogP contribution is -2.30. The summed E-state index contributed by atoms with van der Waals surface area (Å²) in [6.07, 6.45) is 0. The third kappa shape index (κ3) is 6.40. The number of guanidine groups is 1. The van der Waals surface area contributed by atoms with Gasteiger partial charge in [0, 0.05) is 18.3 Å². The molecular weight excluding hydrogens is 342 g/mol. The molecule has 2 N–H and O–H groups in total. The molecular formula is C21H29N3O3. The molecule has 0 saturated heterocycles. The number of nitrogens with one attached hydrogen (secondary N) is 2. The van der Waals surface area contributed by atoms with E-state index in [0.29, 0.717) is 31.5 Å². The van der Waals surface area contributed by atoms with Crippen molar-refractivity contribution in [2.45, 2.75) is 27.3 Å². The standard InChI is InChI=1S/C21H29N3O3/c1-5-22-21(23-15-16-9-8-10-18(13-16)26-6-2)24-17-11-12-19(27-7-3)20(14-17)25-4/h8-14H,5-7,15H2,1-4H3,(H2,22,23,24). The maximum atomic E-state index is 5.56. The first-order chi connectivity index (χ1) is 13.2. The fraction of sp³-hybridized carbons (Fsp3) is 0.381. The van der Waals surface area contributed by atoms with Crippen molar-refractivity contribution in [3.05, 3.63) is 48.0 Å². The van der Waals surface area contributed by atoms with E-state index in [9.17, 15) is 0 Å². The third-order valence-electron chi connectivity index (χ3n) is 3.70. The first kappa shape index (κ1) is 20.4. The fourth-order valence-electron chi connectivity index (χ4n) is 2.53. The highest BCUT2D eigenvalue weighted by atomic mass is 16.5. The third-order valence-corrected chi connectivity index (χ3v) is 3.70. The zero-order chi connectivity index (χ0) is 19.5. The molecule has 146 valence electrons. The molecule has 0 aliphatic rings. The van der Waals surface area contributed by atoms with Gasteiger partial charge >= 0.3 is 0 Å². The highest BCUT2D eigenvalue weighted by Crippen LogP contribution is 2.30. The van der Waals surface area contributed by atoms with Crippen LogP contribution in [0.15, 0.2) is 47.5 Å². The van der Waals surface area contributed by atoms with Crippen LogP contribution in [0.5, 0.6) is 17.2 Å². The molecule has 0 saturated carbocycles. The Bertz CT molecular complexity index is 747. The molecule has 6 nitrogen and oxygen atoms in total. The lowest BCUT2D eigenvalue weighted by Gasteiger charge is -2.14. The highest BCUT2D eigenvalue weighted by molar-refractivity contribution is 5.93. The lowest BCUT2D eigenvalue weighted by atomic mass is 10.2. The van der Waals surface area contributed by atoms with Crippen molar-refractivity contribution in [1.82, 2.24) is 5.32 Å². The molecule has 6 heteroatoms. The quantitative estimate of drug-likeness (QED) is 0.514. The van der Waals surface area contributed by atoms with Gasteiger partial charge in [-0.2, -0.15) is 0 Å². The van der Waals surface area contributed by atoms with Crippen molar-refractivity contribution < 1.29 is 14.2 Å². The zero-order valence-corrected chi connectivity index (χ0v) is 16.5. The van der Waals surface area contributed by atoms with E-state index < -0.39 is 0 Å². The smallest absolute Gasteiger partial charge is 0.196 e. The van der Waals surface area contributed by atoms with Crippen molar-refractivity contribution >= 4 is 11.6 Å². The van der Waals surface area contributed by atoms with Gasteiger partial charge in [0.05, 0.1) is 26.9 Å². The molecule has 2 rings (SSSR count). The second-order valence-corrected chi connectivity index (χ2v) is 5.70. The number of hydrogen-bond acceptors (Lipinski definition) is 4. The highest BCUT2D eigenvalue weighted by Gasteiger charge is 2.07. The van der Waals surface area contributed by atoms with Gasteiger partial charge in [-0.05, 0) is 50.6 Å². The van der Waals surface area contributed by atoms with Gasteiger partial charge in [-0.25, -0.2) is 4.99 Å². The van der Waals surface area contributed by atoms with Crippen LogP contribution >= 0.6 is 0 Å². The molecule has 0 aliphatic heterocycles. The Morgan fingerprint density at radius 3 is 2.48 bits per heavy atom. The minimum Gasteiger partial charge on any atom is -0.494 e. The number of rotatable bonds is 9. The molecule has 0 fully saturated rings. The minimum absolute atomic E-state index is 0.546. The number of nitrogens with zero attached hydrogens (tertiary/aromatic N) is 1. The van der Waals surface area contributed by atoms with Crippen LogP contribution in [0.4, 0.5) is 5.69 Å². The average molecular weight is 371 g/mol. The van der Waals surface area contributed by atoms with Gasteiger partial charge in [0.15, 0.2) is 17.5 Å². The second-order valence-electron chi connectivity index (χ2n) is 5.70. The summed E-state index contributed by atoms with van der Waals surface area (Å²) in [5, 5.41) is 6.56. The summed E-state index contributed by atoms with van der Waals surface area (Å²) < 4.78 is 16.5. The van der Waals surface area contributed by atoms with Crippen molar-refractivity contribution in [1.29, 1.82) is 0 Å². The van der Waals surface area contributed by atoms with E-state index in [-0.39, 0.29) is 0 Å². The monoisotopic (exact) mass is 371 g/mol. The van der Waals surface area contributed by atoms with Gasteiger partial charge in [-0.3, -0.25) is 0 Å². The Kier molecular flexibility index (Phi) is 8.29. The van der Waals surface area contributed by atoms with E-state index in [4.69, 9.17) is 14.2 Å². The second kappa shape index (κ2) is 11.0. The van der Waals surface area contributed by atoms with Crippen LogP contribution in [0.3, 0.4) is 0 Å². The molecule has 2 aromatic rings. The Morgan fingerprint density at radius 1 is 0.963 bits per heavy atom. The summed E-state index contributed by atoms with van der Waals surface area (Å²) in [4.78, 5) is 4.66. The Hall–Kier alpha value is -2.89. The number of methoxy groups -OCH3 is 1. The number of anilines is 1. The summed E-state index contributed by atoms with van der Waals surface area (Å²) in [6, 6.07) is 13.7. The van der Waals surface area contributed by atoms with E-state index >= 15 is 0 Å². The normalized spacial score (nSPS) is 11.0. The predicted octanol–water partition coefficient (Wildman–Crippen LogP) is 4.07. The molecule has 0 unspecified atom stereocenters. The fourth-order valence-corrected chi connectivity index (χ4v) is 2.53. The van der Waals surface area contributed by atoms with Crippen LogP contribution in [-0.4, -0.2) is 32.8 Å². The first-order valence-electron chi connectivity index (χ1n) is 9.28. The van der Waals surface area contributed by atoms with Crippen molar-refractivity contribution in [3.63, 3.8) is 0 Å². The van der Waals surface area contributed by atoms with Gasteiger partial charge in [0.2, 0.25) is 0 Å². The Balaban J connectivity index is 2.12. The van der Waals surface area contributed by atoms with Crippen LogP contribution in [-0.2, 0) is 6.54 Å². The molecule has 2 aromatic carbocycles. The average Bonchev–Trinajstić information content (AvgIpc) is 2.68. The molecule has 0 heterocycles. The van der Waals surface area contributed by atoms with E-state index in [1.807, 2.05) is 63.2 Å². The largest absolute Gasteiger partial charge is 0.494 e. The predicted molar refractivity (Wildman–Crippen MR) is 110 cm³/mol. The van der Waals surface area contributed by atoms with Crippen molar-refractivity contribution in [2.24, 2.45) is 4.99 Å². The molecule has 27 heavy (non-hydrogen) atoms. The van der Waals surface area contributed by atoms with E-state index in [1.165, 1.54) is 0 Å². The maximum absolute atomic E-state index is 5.56. The number of ether oxygens (including phenoxy) is 3. The molecule has 0 amide bonds. The van der Waals surface area contributed by atoms with Gasteiger partial charge in [-0.1, -0.05) is 12.1 Å². The van der Waals surface area contributed by atoms with Gasteiger partial charge in [0.1, 0.15) is 5.75 Å². The molecule has 0 aromatic heterocycles. The van der Waals surface area contributed by atoms with E-state index in [0.717, 1.165) is 29.3 Å². The lowest BCUT2D eigenvalue weighted by molar-refractivity contribution is 0.311. The van der Waals surface area contributed by atoms with E-state index in [2.05, 4.69) is 15.6 Å². The number of hydrogen-bond donors (Lipinski definition) is 2. The maximum Gasteiger partial charge on any atom is 0.196 e. The topological polar surface area (TPSA) is 64.1 Å². The van der Waals surface area contributed by atoms with Crippen LogP contribution < -0.4 is 24.8 Å². The Labute approximate surface area is 161 Å².